The Kier molecular flexibility index (Phi) is 4.53. The van der Waals surface area contributed by atoms with Crippen molar-refractivity contribution in [3.63, 3.8) is 0 Å². The molecule has 0 saturated carbocycles. The third-order valence-corrected chi connectivity index (χ3v) is 3.87. The van der Waals surface area contributed by atoms with Gasteiger partial charge in [-0.3, -0.25) is 4.90 Å². The minimum atomic E-state index is 0.662. The summed E-state index contributed by atoms with van der Waals surface area (Å²) in [5, 5.41) is 0. The highest BCUT2D eigenvalue weighted by Gasteiger charge is 2.20. The molecular weight excluding hydrogens is 276 g/mol. The zero-order valence-electron chi connectivity index (χ0n) is 13.0. The average molecular weight is 298 g/mol. The summed E-state index contributed by atoms with van der Waals surface area (Å²) >= 11 is 0. The number of fused-ring (bicyclic) bond motifs is 1. The van der Waals surface area contributed by atoms with Gasteiger partial charge >= 0.3 is 0 Å². The van der Waals surface area contributed by atoms with E-state index in [0.29, 0.717) is 6.61 Å². The van der Waals surface area contributed by atoms with Crippen LogP contribution < -0.4 is 9.64 Å². The molecule has 0 bridgehead atoms. The molecule has 22 heavy (non-hydrogen) atoms. The molecule has 0 N–H and O–H groups in total. The highest BCUT2D eigenvalue weighted by Crippen LogP contribution is 2.25. The van der Waals surface area contributed by atoms with Crippen molar-refractivity contribution in [2.45, 2.75) is 6.92 Å². The molecule has 0 spiro atoms. The summed E-state index contributed by atoms with van der Waals surface area (Å²) in [6.07, 6.45) is 1.96. The van der Waals surface area contributed by atoms with Crippen LogP contribution in [-0.2, 0) is 0 Å². The van der Waals surface area contributed by atoms with E-state index in [9.17, 15) is 0 Å². The van der Waals surface area contributed by atoms with Gasteiger partial charge in [-0.05, 0) is 31.2 Å². The van der Waals surface area contributed by atoms with Gasteiger partial charge in [0, 0.05) is 32.7 Å². The first-order chi connectivity index (χ1) is 10.8. The van der Waals surface area contributed by atoms with Gasteiger partial charge in [0.1, 0.15) is 5.75 Å². The molecule has 1 fully saturated rings. The predicted octanol–water partition coefficient (Wildman–Crippen LogP) is 2.29. The number of anilines is 1. The first-order valence-electron chi connectivity index (χ1n) is 7.79. The molecule has 2 aliphatic heterocycles. The van der Waals surface area contributed by atoms with Gasteiger partial charge in [-0.25, -0.2) is 9.97 Å². The molecule has 0 radical (unpaired) electrons. The van der Waals surface area contributed by atoms with E-state index >= 15 is 0 Å². The zero-order chi connectivity index (χ0) is 15.4. The maximum atomic E-state index is 5.51. The van der Waals surface area contributed by atoms with Crippen molar-refractivity contribution < 1.29 is 4.74 Å². The molecule has 1 saturated heterocycles. The van der Waals surface area contributed by atoms with Crippen LogP contribution in [0.2, 0.25) is 0 Å². The summed E-state index contributed by atoms with van der Waals surface area (Å²) in [5.41, 5.74) is 1.82. The first kappa shape index (κ1) is 14.8. The van der Waals surface area contributed by atoms with Crippen LogP contribution in [0.4, 0.5) is 5.95 Å². The maximum absolute atomic E-state index is 5.51. The lowest BCUT2D eigenvalue weighted by molar-refractivity contribution is 0.283. The van der Waals surface area contributed by atoms with E-state index in [-0.39, 0.29) is 0 Å². The molecule has 116 valence electrons. The largest absolute Gasteiger partial charge is 0.494 e. The van der Waals surface area contributed by atoms with Gasteiger partial charge in [0.15, 0.2) is 0 Å². The van der Waals surface area contributed by atoms with Gasteiger partial charge in [0.2, 0.25) is 5.95 Å². The fourth-order valence-corrected chi connectivity index (χ4v) is 2.70. The lowest BCUT2D eigenvalue weighted by Crippen LogP contribution is -2.46. The van der Waals surface area contributed by atoms with E-state index in [1.807, 2.05) is 37.3 Å². The van der Waals surface area contributed by atoms with Gasteiger partial charge < -0.3 is 9.64 Å². The molecule has 5 heteroatoms. The zero-order valence-corrected chi connectivity index (χ0v) is 13.0. The minimum absolute atomic E-state index is 0.662. The van der Waals surface area contributed by atoms with E-state index in [1.165, 1.54) is 0 Å². The van der Waals surface area contributed by atoms with Crippen molar-refractivity contribution in [2.24, 2.45) is 0 Å². The van der Waals surface area contributed by atoms with Gasteiger partial charge in [0.25, 0.3) is 0 Å². The molecule has 0 atom stereocenters. The number of rotatable bonds is 5. The fraction of sp³-hybridized carbons (Fsp3) is 0.412. The summed E-state index contributed by atoms with van der Waals surface area (Å²) < 4.78 is 5.51. The van der Waals surface area contributed by atoms with Crippen LogP contribution >= 0.6 is 0 Å². The Labute approximate surface area is 131 Å². The predicted molar refractivity (Wildman–Crippen MR) is 88.7 cm³/mol. The summed E-state index contributed by atoms with van der Waals surface area (Å²) in [4.78, 5) is 14.0. The molecular formula is C17H22N4O. The quantitative estimate of drug-likeness (QED) is 0.792. The minimum Gasteiger partial charge on any atom is -0.494 e. The van der Waals surface area contributed by atoms with Gasteiger partial charge in [-0.1, -0.05) is 6.08 Å². The normalized spacial score (nSPS) is 16.0. The maximum Gasteiger partial charge on any atom is 0.226 e. The SMILES string of the molecule is C=CCN1CCN(c2nc3ccc(OCC)ccc-3n2)CC1. The van der Waals surface area contributed by atoms with Crippen LogP contribution in [0.1, 0.15) is 6.92 Å². The van der Waals surface area contributed by atoms with E-state index in [0.717, 1.165) is 55.8 Å². The fourth-order valence-electron chi connectivity index (χ4n) is 2.70. The van der Waals surface area contributed by atoms with Crippen molar-refractivity contribution in [1.82, 2.24) is 14.9 Å². The molecule has 1 aliphatic carbocycles. The molecule has 0 aromatic carbocycles. The number of nitrogens with zero attached hydrogens (tertiary/aromatic N) is 4. The smallest absolute Gasteiger partial charge is 0.226 e. The molecule has 0 aromatic rings. The Balaban J connectivity index is 1.74. The number of ether oxygens (including phenoxy) is 1. The van der Waals surface area contributed by atoms with Crippen LogP contribution in [0.15, 0.2) is 36.9 Å². The Morgan fingerprint density at radius 3 is 2.27 bits per heavy atom. The second-order valence-corrected chi connectivity index (χ2v) is 5.37. The Bertz CT molecular complexity index is 574. The number of hydrogen-bond donors (Lipinski definition) is 0. The third kappa shape index (κ3) is 3.20. The molecule has 3 aliphatic rings. The van der Waals surface area contributed by atoms with Crippen LogP contribution in [-0.4, -0.2) is 54.2 Å². The monoisotopic (exact) mass is 298 g/mol. The number of aromatic nitrogens is 2. The molecule has 2 heterocycles. The van der Waals surface area contributed by atoms with E-state index in [1.54, 1.807) is 0 Å². The topological polar surface area (TPSA) is 41.5 Å². The Morgan fingerprint density at radius 2 is 1.73 bits per heavy atom. The van der Waals surface area contributed by atoms with E-state index in [2.05, 4.69) is 26.3 Å². The highest BCUT2D eigenvalue weighted by molar-refractivity contribution is 5.61. The number of piperazine rings is 1. The summed E-state index contributed by atoms with van der Waals surface area (Å²) in [6.45, 7) is 11.4. The molecule has 5 nitrogen and oxygen atoms in total. The van der Waals surface area contributed by atoms with Gasteiger partial charge in [0.05, 0.1) is 18.0 Å². The highest BCUT2D eigenvalue weighted by atomic mass is 16.5. The van der Waals surface area contributed by atoms with E-state index < -0.39 is 0 Å². The second-order valence-electron chi connectivity index (χ2n) is 5.37. The Morgan fingerprint density at radius 1 is 1.09 bits per heavy atom. The lowest BCUT2D eigenvalue weighted by Gasteiger charge is -2.33. The van der Waals surface area contributed by atoms with Crippen LogP contribution in [0.3, 0.4) is 0 Å². The van der Waals surface area contributed by atoms with Gasteiger partial charge in [-0.2, -0.15) is 0 Å². The van der Waals surface area contributed by atoms with Crippen molar-refractivity contribution >= 4 is 5.95 Å². The first-order valence-corrected chi connectivity index (χ1v) is 7.79. The molecule has 0 amide bonds. The summed E-state index contributed by atoms with van der Waals surface area (Å²) in [5.74, 6) is 1.68. The molecule has 3 rings (SSSR count). The van der Waals surface area contributed by atoms with Crippen molar-refractivity contribution in [2.75, 3.05) is 44.2 Å². The number of imidazole rings is 1. The number of hydrogen-bond acceptors (Lipinski definition) is 5. The van der Waals surface area contributed by atoms with Crippen LogP contribution in [0.5, 0.6) is 5.75 Å². The van der Waals surface area contributed by atoms with Crippen molar-refractivity contribution in [1.29, 1.82) is 0 Å². The summed E-state index contributed by atoms with van der Waals surface area (Å²) in [7, 11) is 0. The van der Waals surface area contributed by atoms with Gasteiger partial charge in [-0.15, -0.1) is 6.58 Å². The van der Waals surface area contributed by atoms with Crippen LogP contribution in [0, 0.1) is 0 Å². The average Bonchev–Trinajstić information content (AvgIpc) is 2.85. The molecule has 0 unspecified atom stereocenters. The lowest BCUT2D eigenvalue weighted by atomic mass is 10.3. The summed E-state index contributed by atoms with van der Waals surface area (Å²) in [6, 6.07) is 7.86. The van der Waals surface area contributed by atoms with Crippen molar-refractivity contribution in [3.8, 4) is 17.1 Å². The standard InChI is InChI=1S/C17H22N4O/c1-3-9-20-10-12-21(13-11-20)17-18-15-7-5-14(22-4-2)6-8-16(15)19-17/h3,5-8H,1,4,9-13H2,2H3. The Hall–Kier alpha value is -2.14. The van der Waals surface area contributed by atoms with Crippen LogP contribution in [0.25, 0.3) is 11.4 Å². The van der Waals surface area contributed by atoms with Crippen molar-refractivity contribution in [3.05, 3.63) is 36.9 Å². The third-order valence-electron chi connectivity index (χ3n) is 3.87. The van der Waals surface area contributed by atoms with E-state index in [4.69, 9.17) is 4.74 Å². The molecule has 0 aromatic heterocycles. The second kappa shape index (κ2) is 6.75.